The molecule has 0 aromatic heterocycles. The third-order valence-corrected chi connectivity index (χ3v) is 3.67. The standard InChI is InChI=1S/C13H24N2O3/c1-8(16)11-10-6-5-9(7-14-11)15(10)12(17)18-13(2,3)4/h8-11,14,16H,5-7H2,1-4H3/t8?,9-,10+,11-/m1/s1. The fourth-order valence-corrected chi connectivity index (χ4v) is 2.96. The summed E-state index contributed by atoms with van der Waals surface area (Å²) in [4.78, 5) is 14.1. The Morgan fingerprint density at radius 2 is 2.11 bits per heavy atom. The lowest BCUT2D eigenvalue weighted by molar-refractivity contribution is -0.00704. The number of ether oxygens (including phenoxy) is 1. The van der Waals surface area contributed by atoms with Crippen LogP contribution in [0.25, 0.3) is 0 Å². The second kappa shape index (κ2) is 4.70. The average molecular weight is 256 g/mol. The van der Waals surface area contributed by atoms with Crippen molar-refractivity contribution in [1.29, 1.82) is 0 Å². The molecule has 0 aromatic rings. The Balaban J connectivity index is 2.10. The van der Waals surface area contributed by atoms with E-state index >= 15 is 0 Å². The molecule has 2 N–H and O–H groups in total. The fourth-order valence-electron chi connectivity index (χ4n) is 2.96. The van der Waals surface area contributed by atoms with Crippen molar-refractivity contribution < 1.29 is 14.6 Å². The number of hydrogen-bond acceptors (Lipinski definition) is 4. The number of fused-ring (bicyclic) bond motifs is 2. The number of carbonyl (C=O) groups is 1. The minimum atomic E-state index is -0.471. The molecule has 1 amide bonds. The maximum atomic E-state index is 12.2. The third kappa shape index (κ3) is 2.62. The molecule has 2 saturated heterocycles. The van der Waals surface area contributed by atoms with E-state index in [-0.39, 0.29) is 24.2 Å². The van der Waals surface area contributed by atoms with E-state index in [0.717, 1.165) is 19.4 Å². The van der Waals surface area contributed by atoms with Crippen LogP contribution in [0.5, 0.6) is 0 Å². The van der Waals surface area contributed by atoms with Crippen molar-refractivity contribution in [2.24, 2.45) is 0 Å². The van der Waals surface area contributed by atoms with Gasteiger partial charge in [-0.15, -0.1) is 0 Å². The number of carbonyl (C=O) groups excluding carboxylic acids is 1. The SMILES string of the molecule is CC(O)[C@H]1NC[C@H]2CC[C@@H]1N2C(=O)OC(C)(C)C. The smallest absolute Gasteiger partial charge is 0.410 e. The molecule has 5 nitrogen and oxygen atoms in total. The highest BCUT2D eigenvalue weighted by atomic mass is 16.6. The van der Waals surface area contributed by atoms with E-state index in [1.807, 2.05) is 25.7 Å². The summed E-state index contributed by atoms with van der Waals surface area (Å²) in [7, 11) is 0. The van der Waals surface area contributed by atoms with Crippen LogP contribution in [0.2, 0.25) is 0 Å². The molecular formula is C13H24N2O3. The maximum absolute atomic E-state index is 12.2. The van der Waals surface area contributed by atoms with Gasteiger partial charge in [-0.1, -0.05) is 0 Å². The monoisotopic (exact) mass is 256 g/mol. The Kier molecular flexibility index (Phi) is 3.56. The van der Waals surface area contributed by atoms with Gasteiger partial charge in [0.25, 0.3) is 0 Å². The van der Waals surface area contributed by atoms with Crippen LogP contribution < -0.4 is 5.32 Å². The van der Waals surface area contributed by atoms with Gasteiger partial charge < -0.3 is 15.2 Å². The summed E-state index contributed by atoms with van der Waals surface area (Å²) in [5, 5.41) is 13.1. The molecule has 2 rings (SSSR count). The van der Waals surface area contributed by atoms with Crippen molar-refractivity contribution in [3.05, 3.63) is 0 Å². The lowest BCUT2D eigenvalue weighted by Crippen LogP contribution is -2.63. The van der Waals surface area contributed by atoms with E-state index in [1.54, 1.807) is 6.92 Å². The summed E-state index contributed by atoms with van der Waals surface area (Å²) in [6, 6.07) is 0.217. The van der Waals surface area contributed by atoms with Crippen LogP contribution in [0, 0.1) is 0 Å². The first-order chi connectivity index (χ1) is 8.29. The van der Waals surface area contributed by atoms with E-state index < -0.39 is 11.7 Å². The summed E-state index contributed by atoms with van der Waals surface area (Å²) in [6.07, 6.45) is 1.22. The van der Waals surface area contributed by atoms with Gasteiger partial charge in [0.2, 0.25) is 0 Å². The summed E-state index contributed by atoms with van der Waals surface area (Å²) in [5.74, 6) is 0. The minimum Gasteiger partial charge on any atom is -0.444 e. The molecular weight excluding hydrogens is 232 g/mol. The number of nitrogens with zero attached hydrogens (tertiary/aromatic N) is 1. The molecule has 104 valence electrons. The van der Waals surface area contributed by atoms with E-state index in [0.29, 0.717) is 0 Å². The summed E-state index contributed by atoms with van der Waals surface area (Å²) in [6.45, 7) is 8.14. The highest BCUT2D eigenvalue weighted by Crippen LogP contribution is 2.32. The van der Waals surface area contributed by atoms with Crippen LogP contribution in [-0.4, -0.2) is 52.5 Å². The number of aliphatic hydroxyl groups is 1. The zero-order chi connectivity index (χ0) is 13.5. The van der Waals surface area contributed by atoms with Crippen LogP contribution in [0.15, 0.2) is 0 Å². The lowest BCUT2D eigenvalue weighted by atomic mass is 10.0. The zero-order valence-electron chi connectivity index (χ0n) is 11.6. The highest BCUT2D eigenvalue weighted by Gasteiger charge is 2.47. The van der Waals surface area contributed by atoms with Gasteiger partial charge in [0.1, 0.15) is 5.60 Å². The molecule has 5 heteroatoms. The first-order valence-corrected chi connectivity index (χ1v) is 6.72. The highest BCUT2D eigenvalue weighted by molar-refractivity contribution is 5.70. The summed E-state index contributed by atoms with van der Waals surface area (Å²) >= 11 is 0. The zero-order valence-corrected chi connectivity index (χ0v) is 11.6. The van der Waals surface area contributed by atoms with Crippen molar-refractivity contribution in [3.63, 3.8) is 0 Å². The first-order valence-electron chi connectivity index (χ1n) is 6.72. The Labute approximate surface area is 108 Å². The van der Waals surface area contributed by atoms with Gasteiger partial charge in [-0.05, 0) is 40.5 Å². The number of rotatable bonds is 1. The van der Waals surface area contributed by atoms with Crippen LogP contribution >= 0.6 is 0 Å². The Bertz CT molecular complexity index is 325. The van der Waals surface area contributed by atoms with Gasteiger partial charge >= 0.3 is 6.09 Å². The molecule has 1 unspecified atom stereocenters. The van der Waals surface area contributed by atoms with Crippen LogP contribution in [0.1, 0.15) is 40.5 Å². The maximum Gasteiger partial charge on any atom is 0.410 e. The molecule has 4 atom stereocenters. The molecule has 2 aliphatic rings. The van der Waals surface area contributed by atoms with E-state index in [1.165, 1.54) is 0 Å². The van der Waals surface area contributed by atoms with E-state index in [2.05, 4.69) is 5.32 Å². The van der Waals surface area contributed by atoms with Crippen molar-refractivity contribution in [3.8, 4) is 0 Å². The molecule has 2 aliphatic heterocycles. The van der Waals surface area contributed by atoms with Crippen LogP contribution in [-0.2, 0) is 4.74 Å². The number of aliphatic hydroxyl groups excluding tert-OH is 1. The topological polar surface area (TPSA) is 61.8 Å². The Morgan fingerprint density at radius 1 is 1.44 bits per heavy atom. The van der Waals surface area contributed by atoms with E-state index in [9.17, 15) is 9.90 Å². The second-order valence-electron chi connectivity index (χ2n) is 6.36. The lowest BCUT2D eigenvalue weighted by Gasteiger charge is -2.42. The molecule has 0 saturated carbocycles. The number of piperazine rings is 1. The molecule has 18 heavy (non-hydrogen) atoms. The van der Waals surface area contributed by atoms with Gasteiger partial charge in [-0.2, -0.15) is 0 Å². The van der Waals surface area contributed by atoms with Gasteiger partial charge in [0.05, 0.1) is 18.2 Å². The van der Waals surface area contributed by atoms with Gasteiger partial charge in [0.15, 0.2) is 0 Å². The van der Waals surface area contributed by atoms with Gasteiger partial charge in [-0.25, -0.2) is 4.79 Å². The minimum absolute atomic E-state index is 0.0451. The third-order valence-electron chi connectivity index (χ3n) is 3.67. The second-order valence-corrected chi connectivity index (χ2v) is 6.36. The van der Waals surface area contributed by atoms with Crippen LogP contribution in [0.3, 0.4) is 0 Å². The number of hydrogen-bond donors (Lipinski definition) is 2. The molecule has 0 radical (unpaired) electrons. The molecule has 2 bridgehead atoms. The average Bonchev–Trinajstić information content (AvgIpc) is 2.49. The van der Waals surface area contributed by atoms with Crippen molar-refractivity contribution >= 4 is 6.09 Å². The molecule has 0 aromatic carbocycles. The molecule has 0 aliphatic carbocycles. The van der Waals surface area contributed by atoms with Crippen LogP contribution in [0.4, 0.5) is 4.79 Å². The van der Waals surface area contributed by atoms with Crippen molar-refractivity contribution in [1.82, 2.24) is 10.2 Å². The normalized spacial score (nSPS) is 33.4. The molecule has 0 spiro atoms. The van der Waals surface area contributed by atoms with Crippen molar-refractivity contribution in [2.45, 2.75) is 70.4 Å². The first kappa shape index (κ1) is 13.6. The summed E-state index contributed by atoms with van der Waals surface area (Å²) < 4.78 is 5.46. The van der Waals surface area contributed by atoms with Gasteiger partial charge in [-0.3, -0.25) is 4.90 Å². The fraction of sp³-hybridized carbons (Fsp3) is 0.923. The quantitative estimate of drug-likeness (QED) is 0.737. The molecule has 2 heterocycles. The predicted octanol–water partition coefficient (Wildman–Crippen LogP) is 1.11. The predicted molar refractivity (Wildman–Crippen MR) is 68.4 cm³/mol. The number of amides is 1. The molecule has 2 fully saturated rings. The Hall–Kier alpha value is -0.810. The largest absolute Gasteiger partial charge is 0.444 e. The van der Waals surface area contributed by atoms with E-state index in [4.69, 9.17) is 4.74 Å². The van der Waals surface area contributed by atoms with Gasteiger partial charge in [0, 0.05) is 12.6 Å². The number of nitrogens with one attached hydrogen (secondary N) is 1. The summed E-state index contributed by atoms with van der Waals surface area (Å²) in [5.41, 5.74) is -0.471. The Morgan fingerprint density at radius 3 is 2.67 bits per heavy atom. The van der Waals surface area contributed by atoms with Crippen molar-refractivity contribution in [2.75, 3.05) is 6.54 Å².